The fourth-order valence-electron chi connectivity index (χ4n) is 1.74. The maximum absolute atomic E-state index is 12.7. The van der Waals surface area contributed by atoms with Gasteiger partial charge in [-0.05, 0) is 37.1 Å². The molecule has 1 atom stereocenters. The first-order valence-corrected chi connectivity index (χ1v) is 5.20. The number of nitrogen functional groups attached to an aromatic ring is 1. The normalized spacial score (nSPS) is 12.6. The van der Waals surface area contributed by atoms with Gasteiger partial charge in [0.05, 0.1) is 12.2 Å². The van der Waals surface area contributed by atoms with Crippen molar-refractivity contribution in [2.45, 2.75) is 19.4 Å². The smallest absolute Gasteiger partial charge is 0.123 e. The van der Waals surface area contributed by atoms with Crippen molar-refractivity contribution >= 4 is 5.82 Å². The first kappa shape index (κ1) is 10.7. The summed E-state index contributed by atoms with van der Waals surface area (Å²) in [5.41, 5.74) is 6.83. The molecule has 2 rings (SSSR count). The molecule has 0 bridgehead atoms. The Morgan fingerprint density at radius 1 is 1.31 bits per heavy atom. The Bertz CT molecular complexity index is 461. The van der Waals surface area contributed by atoms with Crippen molar-refractivity contribution in [3.63, 3.8) is 0 Å². The molecule has 1 unspecified atom stereocenters. The quantitative estimate of drug-likeness (QED) is 0.861. The van der Waals surface area contributed by atoms with Crippen molar-refractivity contribution in [1.82, 2.24) is 9.78 Å². The van der Waals surface area contributed by atoms with Crippen LogP contribution in [0.5, 0.6) is 0 Å². The minimum atomic E-state index is -0.213. The molecule has 1 heterocycles. The fraction of sp³-hybridized carbons (Fsp3) is 0.250. The van der Waals surface area contributed by atoms with Gasteiger partial charge in [0.1, 0.15) is 11.6 Å². The number of halogens is 1. The standard InChI is InChI=1S/C12H14FN3/c1-9(16-12(14)6-7-15-16)8-10-2-4-11(13)5-3-10/h2-7,9H,8,14H2,1H3. The van der Waals surface area contributed by atoms with Gasteiger partial charge in [0, 0.05) is 0 Å². The van der Waals surface area contributed by atoms with Crippen LogP contribution in [0.25, 0.3) is 0 Å². The Labute approximate surface area is 93.7 Å². The summed E-state index contributed by atoms with van der Waals surface area (Å²) in [5.74, 6) is 0.435. The monoisotopic (exact) mass is 219 g/mol. The molecule has 2 aromatic rings. The van der Waals surface area contributed by atoms with Gasteiger partial charge >= 0.3 is 0 Å². The second kappa shape index (κ2) is 4.35. The van der Waals surface area contributed by atoms with E-state index in [1.807, 2.05) is 6.92 Å². The minimum absolute atomic E-state index is 0.167. The number of hydrogen-bond acceptors (Lipinski definition) is 2. The molecule has 16 heavy (non-hydrogen) atoms. The maximum Gasteiger partial charge on any atom is 0.123 e. The third-order valence-electron chi connectivity index (χ3n) is 2.56. The molecule has 4 heteroatoms. The largest absolute Gasteiger partial charge is 0.384 e. The van der Waals surface area contributed by atoms with E-state index in [1.54, 1.807) is 29.1 Å². The molecule has 0 amide bonds. The van der Waals surface area contributed by atoms with Gasteiger partial charge < -0.3 is 5.73 Å². The van der Waals surface area contributed by atoms with Crippen LogP contribution in [0, 0.1) is 5.82 Å². The van der Waals surface area contributed by atoms with Crippen molar-refractivity contribution in [3.8, 4) is 0 Å². The van der Waals surface area contributed by atoms with Crippen molar-refractivity contribution in [2.24, 2.45) is 0 Å². The van der Waals surface area contributed by atoms with Gasteiger partial charge in [-0.25, -0.2) is 9.07 Å². The topological polar surface area (TPSA) is 43.8 Å². The first-order chi connectivity index (χ1) is 7.66. The SMILES string of the molecule is CC(Cc1ccc(F)cc1)n1nccc1N. The summed E-state index contributed by atoms with van der Waals surface area (Å²) in [6.45, 7) is 2.03. The highest BCUT2D eigenvalue weighted by atomic mass is 19.1. The summed E-state index contributed by atoms with van der Waals surface area (Å²) in [4.78, 5) is 0. The number of hydrogen-bond donors (Lipinski definition) is 1. The first-order valence-electron chi connectivity index (χ1n) is 5.20. The highest BCUT2D eigenvalue weighted by Crippen LogP contribution is 2.16. The number of nitrogens with zero attached hydrogens (tertiary/aromatic N) is 2. The number of rotatable bonds is 3. The molecule has 2 N–H and O–H groups in total. The summed E-state index contributed by atoms with van der Waals surface area (Å²) in [6.07, 6.45) is 2.46. The van der Waals surface area contributed by atoms with Gasteiger partial charge in [0.15, 0.2) is 0 Å². The van der Waals surface area contributed by atoms with E-state index in [9.17, 15) is 4.39 Å². The lowest BCUT2D eigenvalue weighted by Crippen LogP contribution is -2.12. The van der Waals surface area contributed by atoms with Crippen molar-refractivity contribution in [2.75, 3.05) is 5.73 Å². The van der Waals surface area contributed by atoms with Crippen molar-refractivity contribution in [3.05, 3.63) is 47.9 Å². The zero-order chi connectivity index (χ0) is 11.5. The van der Waals surface area contributed by atoms with Crippen LogP contribution >= 0.6 is 0 Å². The average molecular weight is 219 g/mol. The molecule has 0 saturated heterocycles. The summed E-state index contributed by atoms with van der Waals surface area (Å²) in [5, 5.41) is 4.15. The van der Waals surface area contributed by atoms with Crippen LogP contribution < -0.4 is 5.73 Å². The highest BCUT2D eigenvalue weighted by Gasteiger charge is 2.08. The Kier molecular flexibility index (Phi) is 2.90. The summed E-state index contributed by atoms with van der Waals surface area (Å²) in [6, 6.07) is 8.43. The van der Waals surface area contributed by atoms with E-state index < -0.39 is 0 Å². The van der Waals surface area contributed by atoms with Crippen molar-refractivity contribution < 1.29 is 4.39 Å². The molecule has 0 aliphatic heterocycles. The maximum atomic E-state index is 12.7. The Balaban J connectivity index is 2.10. The van der Waals surface area contributed by atoms with Gasteiger partial charge in [-0.2, -0.15) is 5.10 Å². The van der Waals surface area contributed by atoms with Crippen LogP contribution in [0.1, 0.15) is 18.5 Å². The Morgan fingerprint density at radius 2 is 2.00 bits per heavy atom. The van der Waals surface area contributed by atoms with Crippen LogP contribution in [0.2, 0.25) is 0 Å². The van der Waals surface area contributed by atoms with Gasteiger partial charge in [-0.1, -0.05) is 12.1 Å². The molecule has 0 saturated carbocycles. The van der Waals surface area contributed by atoms with E-state index in [2.05, 4.69) is 5.10 Å². The third-order valence-corrected chi connectivity index (χ3v) is 2.56. The fourth-order valence-corrected chi connectivity index (χ4v) is 1.74. The summed E-state index contributed by atoms with van der Waals surface area (Å²) < 4.78 is 14.5. The predicted molar refractivity (Wildman–Crippen MR) is 61.5 cm³/mol. The Morgan fingerprint density at radius 3 is 2.56 bits per heavy atom. The van der Waals surface area contributed by atoms with Gasteiger partial charge in [-0.15, -0.1) is 0 Å². The van der Waals surface area contributed by atoms with Crippen LogP contribution in [0.15, 0.2) is 36.5 Å². The summed E-state index contributed by atoms with van der Waals surface area (Å²) >= 11 is 0. The molecule has 0 aliphatic rings. The molecular weight excluding hydrogens is 205 g/mol. The number of benzene rings is 1. The second-order valence-corrected chi connectivity index (χ2v) is 3.88. The predicted octanol–water partition coefficient (Wildman–Crippen LogP) is 2.41. The van der Waals surface area contributed by atoms with E-state index in [-0.39, 0.29) is 11.9 Å². The van der Waals surface area contributed by atoms with Crippen LogP contribution in [0.3, 0.4) is 0 Å². The van der Waals surface area contributed by atoms with Gasteiger partial charge in [-0.3, -0.25) is 0 Å². The van der Waals surface area contributed by atoms with Gasteiger partial charge in [0.2, 0.25) is 0 Å². The van der Waals surface area contributed by atoms with Crippen LogP contribution in [-0.4, -0.2) is 9.78 Å². The van der Waals surface area contributed by atoms with E-state index in [1.165, 1.54) is 12.1 Å². The Hall–Kier alpha value is -1.84. The third kappa shape index (κ3) is 2.21. The minimum Gasteiger partial charge on any atom is -0.384 e. The molecule has 0 radical (unpaired) electrons. The molecule has 0 aliphatic carbocycles. The molecule has 84 valence electrons. The number of aromatic nitrogens is 2. The molecule has 0 spiro atoms. The van der Waals surface area contributed by atoms with Crippen LogP contribution in [-0.2, 0) is 6.42 Å². The van der Waals surface area contributed by atoms with E-state index in [0.29, 0.717) is 5.82 Å². The lowest BCUT2D eigenvalue weighted by molar-refractivity contribution is 0.495. The zero-order valence-electron chi connectivity index (χ0n) is 9.10. The van der Waals surface area contributed by atoms with Gasteiger partial charge in [0.25, 0.3) is 0 Å². The van der Waals surface area contributed by atoms with E-state index in [0.717, 1.165) is 12.0 Å². The van der Waals surface area contributed by atoms with E-state index in [4.69, 9.17) is 5.73 Å². The van der Waals surface area contributed by atoms with Crippen molar-refractivity contribution in [1.29, 1.82) is 0 Å². The van der Waals surface area contributed by atoms with E-state index >= 15 is 0 Å². The molecule has 0 fully saturated rings. The number of nitrogens with two attached hydrogens (primary N) is 1. The highest BCUT2D eigenvalue weighted by molar-refractivity contribution is 5.27. The molecule has 1 aromatic carbocycles. The molecule has 3 nitrogen and oxygen atoms in total. The lowest BCUT2D eigenvalue weighted by Gasteiger charge is -2.13. The molecular formula is C12H14FN3. The molecule has 1 aromatic heterocycles. The summed E-state index contributed by atoms with van der Waals surface area (Å²) in [7, 11) is 0. The number of anilines is 1. The zero-order valence-corrected chi connectivity index (χ0v) is 9.10. The lowest BCUT2D eigenvalue weighted by atomic mass is 10.1. The second-order valence-electron chi connectivity index (χ2n) is 3.88. The van der Waals surface area contributed by atoms with Crippen LogP contribution in [0.4, 0.5) is 10.2 Å². The average Bonchev–Trinajstić information content (AvgIpc) is 2.68.